The van der Waals surface area contributed by atoms with Crippen molar-refractivity contribution in [2.24, 2.45) is 11.7 Å². The Balaban J connectivity index is 2.16. The zero-order valence-corrected chi connectivity index (χ0v) is 13.1. The SMILES string of the molecule is NCCNS(=O)(=O)c1cc(Cl)ccc1OCC1CCOC1. The highest BCUT2D eigenvalue weighted by molar-refractivity contribution is 7.89. The molecular weight excluding hydrogens is 316 g/mol. The van der Waals surface area contributed by atoms with Gasteiger partial charge in [-0.3, -0.25) is 0 Å². The van der Waals surface area contributed by atoms with Gasteiger partial charge in [-0.2, -0.15) is 0 Å². The fraction of sp³-hybridized carbons (Fsp3) is 0.538. The van der Waals surface area contributed by atoms with E-state index in [0.717, 1.165) is 13.0 Å². The molecule has 0 saturated carbocycles. The fourth-order valence-corrected chi connectivity index (χ4v) is 3.46. The molecule has 8 heteroatoms. The van der Waals surface area contributed by atoms with Crippen molar-refractivity contribution in [1.82, 2.24) is 4.72 Å². The first-order chi connectivity index (χ1) is 10.0. The van der Waals surface area contributed by atoms with E-state index >= 15 is 0 Å². The molecule has 1 aromatic rings. The van der Waals surface area contributed by atoms with Crippen LogP contribution in [0.25, 0.3) is 0 Å². The van der Waals surface area contributed by atoms with Crippen molar-refractivity contribution in [3.63, 3.8) is 0 Å². The summed E-state index contributed by atoms with van der Waals surface area (Å²) in [6.07, 6.45) is 0.918. The van der Waals surface area contributed by atoms with E-state index in [4.69, 9.17) is 26.8 Å². The van der Waals surface area contributed by atoms with Crippen molar-refractivity contribution >= 4 is 21.6 Å². The number of hydrogen-bond donors (Lipinski definition) is 2. The summed E-state index contributed by atoms with van der Waals surface area (Å²) in [4.78, 5) is 0.0300. The van der Waals surface area contributed by atoms with Gasteiger partial charge in [-0.1, -0.05) is 11.6 Å². The highest BCUT2D eigenvalue weighted by atomic mass is 35.5. The van der Waals surface area contributed by atoms with Crippen molar-refractivity contribution in [3.8, 4) is 5.75 Å². The van der Waals surface area contributed by atoms with Crippen LogP contribution in [-0.2, 0) is 14.8 Å². The standard InChI is InChI=1S/C13H19ClN2O4S/c14-11-1-2-12(20-9-10-3-6-19-8-10)13(7-11)21(17,18)16-5-4-15/h1-2,7,10,16H,3-6,8-9,15H2. The number of sulfonamides is 1. The first-order valence-corrected chi connectivity index (χ1v) is 8.59. The third-order valence-corrected chi connectivity index (χ3v) is 4.85. The van der Waals surface area contributed by atoms with Crippen molar-refractivity contribution in [2.75, 3.05) is 32.9 Å². The van der Waals surface area contributed by atoms with E-state index in [2.05, 4.69) is 4.72 Å². The average Bonchev–Trinajstić information content (AvgIpc) is 2.97. The summed E-state index contributed by atoms with van der Waals surface area (Å²) in [5.74, 6) is 0.573. The van der Waals surface area contributed by atoms with E-state index in [1.807, 2.05) is 0 Å². The summed E-state index contributed by atoms with van der Waals surface area (Å²) in [5, 5.41) is 0.333. The van der Waals surface area contributed by atoms with Crippen LogP contribution in [0.2, 0.25) is 5.02 Å². The lowest BCUT2D eigenvalue weighted by Crippen LogP contribution is -2.29. The highest BCUT2D eigenvalue weighted by Crippen LogP contribution is 2.28. The molecule has 21 heavy (non-hydrogen) atoms. The zero-order chi connectivity index (χ0) is 15.3. The average molecular weight is 335 g/mol. The van der Waals surface area contributed by atoms with Gasteiger partial charge in [-0.25, -0.2) is 13.1 Å². The largest absolute Gasteiger partial charge is 0.492 e. The molecule has 1 fully saturated rings. The summed E-state index contributed by atoms with van der Waals surface area (Å²) in [6, 6.07) is 4.54. The molecule has 1 atom stereocenters. The Kier molecular flexibility index (Phi) is 5.83. The smallest absolute Gasteiger partial charge is 0.244 e. The Labute approximate surface area is 129 Å². The zero-order valence-electron chi connectivity index (χ0n) is 11.5. The predicted octanol–water partition coefficient (Wildman–Crippen LogP) is 0.992. The maximum Gasteiger partial charge on any atom is 0.244 e. The summed E-state index contributed by atoms with van der Waals surface area (Å²) < 4.78 is 37.8. The monoisotopic (exact) mass is 334 g/mol. The number of ether oxygens (including phenoxy) is 2. The minimum Gasteiger partial charge on any atom is -0.492 e. The first kappa shape index (κ1) is 16.5. The molecule has 0 bridgehead atoms. The normalized spacial score (nSPS) is 18.9. The van der Waals surface area contributed by atoms with Gasteiger partial charge in [0.1, 0.15) is 10.6 Å². The Bertz CT molecular complexity index is 574. The van der Waals surface area contributed by atoms with Crippen LogP contribution in [0.4, 0.5) is 0 Å². The van der Waals surface area contributed by atoms with Crippen molar-refractivity contribution in [2.45, 2.75) is 11.3 Å². The molecule has 0 aliphatic carbocycles. The van der Waals surface area contributed by atoms with Gasteiger partial charge in [-0.05, 0) is 24.6 Å². The van der Waals surface area contributed by atoms with Crippen molar-refractivity contribution in [3.05, 3.63) is 23.2 Å². The third kappa shape index (κ3) is 4.55. The molecule has 0 amide bonds. The summed E-state index contributed by atoms with van der Waals surface area (Å²) in [5.41, 5.74) is 5.32. The lowest BCUT2D eigenvalue weighted by Gasteiger charge is -2.15. The van der Waals surface area contributed by atoms with E-state index in [1.54, 1.807) is 12.1 Å². The lowest BCUT2D eigenvalue weighted by atomic mass is 10.1. The maximum atomic E-state index is 12.2. The lowest BCUT2D eigenvalue weighted by molar-refractivity contribution is 0.166. The first-order valence-electron chi connectivity index (χ1n) is 6.73. The topological polar surface area (TPSA) is 90.7 Å². The molecule has 0 radical (unpaired) electrons. The van der Waals surface area contributed by atoms with Crippen LogP contribution < -0.4 is 15.2 Å². The molecule has 3 N–H and O–H groups in total. The molecule has 1 aliphatic rings. The Morgan fingerprint density at radius 1 is 1.48 bits per heavy atom. The quantitative estimate of drug-likeness (QED) is 0.776. The van der Waals surface area contributed by atoms with Gasteiger partial charge in [0.15, 0.2) is 0 Å². The molecule has 1 unspecified atom stereocenters. The fourth-order valence-electron chi connectivity index (χ4n) is 2.00. The molecule has 1 saturated heterocycles. The molecule has 0 aromatic heterocycles. The number of benzene rings is 1. The van der Waals surface area contributed by atoms with Gasteiger partial charge in [-0.15, -0.1) is 0 Å². The predicted molar refractivity (Wildman–Crippen MR) is 80.1 cm³/mol. The maximum absolute atomic E-state index is 12.2. The van der Waals surface area contributed by atoms with Crippen LogP contribution >= 0.6 is 11.6 Å². The molecule has 1 heterocycles. The summed E-state index contributed by atoms with van der Waals surface area (Å²) in [6.45, 7) is 2.15. The van der Waals surface area contributed by atoms with E-state index in [1.165, 1.54) is 6.07 Å². The Morgan fingerprint density at radius 3 is 2.95 bits per heavy atom. The van der Waals surface area contributed by atoms with Crippen LogP contribution in [0.1, 0.15) is 6.42 Å². The minimum atomic E-state index is -3.69. The number of rotatable bonds is 7. The van der Waals surface area contributed by atoms with Crippen LogP contribution in [-0.4, -0.2) is 41.3 Å². The third-order valence-electron chi connectivity index (χ3n) is 3.13. The van der Waals surface area contributed by atoms with E-state index in [0.29, 0.717) is 18.2 Å². The molecule has 118 valence electrons. The Morgan fingerprint density at radius 2 is 2.29 bits per heavy atom. The number of halogens is 1. The minimum absolute atomic E-state index is 0.0300. The summed E-state index contributed by atoms with van der Waals surface area (Å²) in [7, 11) is -3.69. The number of nitrogens with one attached hydrogen (secondary N) is 1. The van der Waals surface area contributed by atoms with E-state index in [9.17, 15) is 8.42 Å². The highest BCUT2D eigenvalue weighted by Gasteiger charge is 2.22. The molecule has 1 aliphatic heterocycles. The number of hydrogen-bond acceptors (Lipinski definition) is 5. The van der Waals surface area contributed by atoms with Gasteiger partial charge in [0.05, 0.1) is 13.2 Å². The molecule has 2 rings (SSSR count). The van der Waals surface area contributed by atoms with Gasteiger partial charge in [0, 0.05) is 30.6 Å². The van der Waals surface area contributed by atoms with Crippen molar-refractivity contribution < 1.29 is 17.9 Å². The van der Waals surface area contributed by atoms with Gasteiger partial charge in [0.25, 0.3) is 0 Å². The van der Waals surface area contributed by atoms with Crippen molar-refractivity contribution in [1.29, 1.82) is 0 Å². The molecule has 6 nitrogen and oxygen atoms in total. The van der Waals surface area contributed by atoms with Gasteiger partial charge in [0.2, 0.25) is 10.0 Å². The molecule has 1 aromatic carbocycles. The van der Waals surface area contributed by atoms with Gasteiger partial charge < -0.3 is 15.2 Å². The van der Waals surface area contributed by atoms with Gasteiger partial charge >= 0.3 is 0 Å². The van der Waals surface area contributed by atoms with Crippen LogP contribution in [0, 0.1) is 5.92 Å². The molecular formula is C13H19ClN2O4S. The summed E-state index contributed by atoms with van der Waals surface area (Å²) >= 11 is 5.89. The van der Waals surface area contributed by atoms with Crippen LogP contribution in [0.15, 0.2) is 23.1 Å². The Hall–Kier alpha value is -0.860. The number of nitrogens with two attached hydrogens (primary N) is 1. The van der Waals surface area contributed by atoms with Crippen LogP contribution in [0.5, 0.6) is 5.75 Å². The van der Waals surface area contributed by atoms with E-state index in [-0.39, 0.29) is 29.7 Å². The van der Waals surface area contributed by atoms with E-state index < -0.39 is 10.0 Å². The van der Waals surface area contributed by atoms with Crippen LogP contribution in [0.3, 0.4) is 0 Å². The second-order valence-electron chi connectivity index (χ2n) is 4.82. The second kappa shape index (κ2) is 7.42. The molecule has 0 spiro atoms. The second-order valence-corrected chi connectivity index (χ2v) is 6.99.